The molecule has 7 N–H and O–H groups in total. The van der Waals surface area contributed by atoms with Crippen LogP contribution in [0.5, 0.6) is 5.75 Å². The molecule has 0 radical (unpaired) electrons. The maximum absolute atomic E-state index is 13.5. The number of carboxylic acid groups (broad SMARTS) is 2. The predicted octanol–water partition coefficient (Wildman–Crippen LogP) is -0.567. The summed E-state index contributed by atoms with van der Waals surface area (Å²) in [6, 6.07) is 2.20. The molecule has 6 atom stereocenters. The van der Waals surface area contributed by atoms with E-state index in [9.17, 15) is 54.3 Å². The number of aliphatic carboxylic acids is 2. The van der Waals surface area contributed by atoms with E-state index >= 15 is 0 Å². The van der Waals surface area contributed by atoms with Crippen LogP contribution in [0, 0.1) is 0 Å². The van der Waals surface area contributed by atoms with Crippen LogP contribution in [0.4, 0.5) is 4.79 Å². The van der Waals surface area contributed by atoms with Gasteiger partial charge in [-0.3, -0.25) is 24.0 Å². The summed E-state index contributed by atoms with van der Waals surface area (Å²) < 4.78 is 31.4. The van der Waals surface area contributed by atoms with Crippen molar-refractivity contribution < 1.29 is 87.6 Å². The van der Waals surface area contributed by atoms with Crippen LogP contribution in [0.3, 0.4) is 0 Å². The third kappa shape index (κ3) is 15.4. The number of hydrogen-bond donors (Lipinski definition) is 7. The van der Waals surface area contributed by atoms with Crippen molar-refractivity contribution in [2.45, 2.75) is 95.9 Å². The monoisotopic (exact) mass is 746 g/mol. The normalized spacial score (nSPS) is 20.6. The van der Waals surface area contributed by atoms with Gasteiger partial charge in [-0.1, -0.05) is 6.07 Å². The molecule has 1 fully saturated rings. The summed E-state index contributed by atoms with van der Waals surface area (Å²) in [5.41, 5.74) is 1.33. The van der Waals surface area contributed by atoms with Crippen molar-refractivity contribution in [1.82, 2.24) is 10.8 Å². The van der Waals surface area contributed by atoms with Gasteiger partial charge in [-0.25, -0.2) is 9.59 Å². The van der Waals surface area contributed by atoms with Gasteiger partial charge < -0.3 is 59.3 Å². The number of nitrogens with one attached hydrogen (secondary N) is 2. The minimum atomic E-state index is -2.01. The summed E-state index contributed by atoms with van der Waals surface area (Å²) in [5, 5.41) is 51.6. The van der Waals surface area contributed by atoms with Gasteiger partial charge in [-0.05, 0) is 44.9 Å². The Morgan fingerprint density at radius 1 is 0.904 bits per heavy atom. The average Bonchev–Trinajstić information content (AvgIpc) is 3.05. The molecule has 292 valence electrons. The van der Waals surface area contributed by atoms with Crippen LogP contribution in [0.1, 0.15) is 62.9 Å². The number of hydrogen-bond acceptors (Lipinski definition) is 16. The quantitative estimate of drug-likeness (QED) is 0.0471. The topological polar surface area (TPSA) is 292 Å². The summed E-state index contributed by atoms with van der Waals surface area (Å²) in [7, 11) is 0. The molecule has 20 heteroatoms. The second-order valence-electron chi connectivity index (χ2n) is 12.3. The zero-order chi connectivity index (χ0) is 39.0. The molecule has 2 rings (SSSR count). The van der Waals surface area contributed by atoms with Crippen molar-refractivity contribution in [3.8, 4) is 5.75 Å². The number of hydroxylamine groups is 1. The summed E-state index contributed by atoms with van der Waals surface area (Å²) in [6.07, 6.45) is -11.5. The van der Waals surface area contributed by atoms with Crippen LogP contribution in [0.2, 0.25) is 0 Å². The van der Waals surface area contributed by atoms with Crippen LogP contribution >= 0.6 is 0 Å². The molecule has 0 saturated carbocycles. The SMILES string of the molecule is CC(=O)OCc1ccc(O[C@@H]2O[C@H](C(=O)O)[C@@H](O)[C@H](O)[C@H]2O)c(C(=O)N[C@@H](CC(=O)O)C(=O)CCCOCCOCCONC(=O)OC(C)(C)C)c1. The van der Waals surface area contributed by atoms with Gasteiger partial charge >= 0.3 is 24.0 Å². The first-order valence-corrected chi connectivity index (χ1v) is 16.1. The molecule has 1 aliphatic rings. The molecule has 0 spiro atoms. The summed E-state index contributed by atoms with van der Waals surface area (Å²) >= 11 is 0. The van der Waals surface area contributed by atoms with Gasteiger partial charge in [0.2, 0.25) is 6.29 Å². The molecule has 1 saturated heterocycles. The Balaban J connectivity index is 1.98. The molecule has 0 bridgehead atoms. The number of ether oxygens (including phenoxy) is 6. The lowest BCUT2D eigenvalue weighted by Gasteiger charge is -2.38. The first-order chi connectivity index (χ1) is 24.4. The summed E-state index contributed by atoms with van der Waals surface area (Å²) in [4.78, 5) is 77.4. The fourth-order valence-corrected chi connectivity index (χ4v) is 4.42. The molecular formula is C32H46N2O18. The second kappa shape index (κ2) is 21.2. The lowest BCUT2D eigenvalue weighted by atomic mass is 9.99. The molecule has 2 amide bonds. The van der Waals surface area contributed by atoms with Crippen molar-refractivity contribution in [3.05, 3.63) is 29.3 Å². The Labute approximate surface area is 298 Å². The van der Waals surface area contributed by atoms with E-state index in [0.29, 0.717) is 0 Å². The Kier molecular flexibility index (Phi) is 17.8. The highest BCUT2D eigenvalue weighted by molar-refractivity contribution is 6.01. The third-order valence-electron chi connectivity index (χ3n) is 6.83. The highest BCUT2D eigenvalue weighted by Crippen LogP contribution is 2.28. The largest absolute Gasteiger partial charge is 0.481 e. The fourth-order valence-electron chi connectivity index (χ4n) is 4.42. The zero-order valence-electron chi connectivity index (χ0n) is 29.1. The standard InChI is InChI=1S/C32H46N2O18/c1-17(35)48-16-18-7-8-22(50-30-26(41)24(39)25(40)27(51-30)29(43)44)19(14-18)28(42)33-20(15-23(37)38)21(36)6-5-9-46-10-11-47-12-13-49-34-31(45)52-32(2,3)4/h7-8,14,20,24-27,30,39-41H,5-6,9-13,15-16H2,1-4H3,(H,33,42)(H,34,45)(H,37,38)(H,43,44)/t20-,24-,25-,26+,27-,30+/m0/s1. The van der Waals surface area contributed by atoms with Crippen molar-refractivity contribution >= 4 is 35.7 Å². The van der Waals surface area contributed by atoms with E-state index in [1.165, 1.54) is 18.2 Å². The van der Waals surface area contributed by atoms with E-state index in [1.54, 1.807) is 20.8 Å². The molecule has 52 heavy (non-hydrogen) atoms. The minimum absolute atomic E-state index is 0.0449. The lowest BCUT2D eigenvalue weighted by Crippen LogP contribution is -2.61. The predicted molar refractivity (Wildman–Crippen MR) is 172 cm³/mol. The van der Waals surface area contributed by atoms with Gasteiger partial charge in [0.15, 0.2) is 11.9 Å². The number of carbonyl (C=O) groups is 6. The average molecular weight is 747 g/mol. The number of ketones is 1. The van der Waals surface area contributed by atoms with Gasteiger partial charge in [-0.15, -0.1) is 0 Å². The molecule has 1 aromatic carbocycles. The molecule has 0 unspecified atom stereocenters. The molecular weight excluding hydrogens is 700 g/mol. The number of esters is 1. The summed E-state index contributed by atoms with van der Waals surface area (Å²) in [6.45, 7) is 6.55. The fraction of sp³-hybridized carbons (Fsp3) is 0.625. The van der Waals surface area contributed by atoms with Crippen molar-refractivity contribution in [2.24, 2.45) is 0 Å². The highest BCUT2D eigenvalue weighted by Gasteiger charge is 2.48. The molecule has 1 aromatic rings. The maximum atomic E-state index is 13.5. The first-order valence-electron chi connectivity index (χ1n) is 16.1. The van der Waals surface area contributed by atoms with Crippen LogP contribution in [0.15, 0.2) is 18.2 Å². The lowest BCUT2D eigenvalue weighted by molar-refractivity contribution is -0.271. The van der Waals surface area contributed by atoms with Gasteiger partial charge in [0.05, 0.1) is 44.5 Å². The van der Waals surface area contributed by atoms with Crippen molar-refractivity contribution in [2.75, 3.05) is 33.0 Å². The molecule has 0 aliphatic carbocycles. The van der Waals surface area contributed by atoms with Gasteiger partial charge in [0, 0.05) is 20.0 Å². The number of rotatable bonds is 21. The maximum Gasteiger partial charge on any atom is 0.431 e. The number of benzene rings is 1. The van der Waals surface area contributed by atoms with E-state index in [2.05, 4.69) is 10.8 Å². The number of amides is 2. The van der Waals surface area contributed by atoms with Crippen LogP contribution in [-0.4, -0.2) is 137 Å². The van der Waals surface area contributed by atoms with E-state index in [0.717, 1.165) is 6.92 Å². The van der Waals surface area contributed by atoms with Crippen LogP contribution in [0.25, 0.3) is 0 Å². The van der Waals surface area contributed by atoms with Gasteiger partial charge in [0.25, 0.3) is 5.91 Å². The highest BCUT2D eigenvalue weighted by atomic mass is 16.7. The summed E-state index contributed by atoms with van der Waals surface area (Å²) in [5.74, 6) is -5.74. The molecule has 1 heterocycles. The number of aliphatic hydroxyl groups is 3. The molecule has 20 nitrogen and oxygen atoms in total. The minimum Gasteiger partial charge on any atom is -0.481 e. The number of aliphatic hydroxyl groups excluding tert-OH is 3. The van der Waals surface area contributed by atoms with Crippen molar-refractivity contribution in [1.29, 1.82) is 0 Å². The molecule has 0 aromatic heterocycles. The Hall–Kier alpha value is -4.44. The zero-order valence-corrected chi connectivity index (χ0v) is 29.1. The second-order valence-corrected chi connectivity index (χ2v) is 12.3. The Bertz CT molecular complexity index is 1380. The van der Waals surface area contributed by atoms with Crippen LogP contribution in [-0.2, 0) is 54.3 Å². The number of carboxylic acids is 2. The van der Waals surface area contributed by atoms with E-state index in [-0.39, 0.29) is 69.4 Å². The van der Waals surface area contributed by atoms with E-state index in [4.69, 9.17) is 33.3 Å². The van der Waals surface area contributed by atoms with Gasteiger partial charge in [0.1, 0.15) is 36.3 Å². The van der Waals surface area contributed by atoms with Gasteiger partial charge in [-0.2, -0.15) is 5.48 Å². The third-order valence-corrected chi connectivity index (χ3v) is 6.83. The smallest absolute Gasteiger partial charge is 0.431 e. The molecule has 1 aliphatic heterocycles. The first kappa shape index (κ1) is 43.7. The van der Waals surface area contributed by atoms with E-state index in [1.807, 2.05) is 0 Å². The number of carbonyl (C=O) groups excluding carboxylic acids is 4. The Morgan fingerprint density at radius 3 is 2.17 bits per heavy atom. The van der Waals surface area contributed by atoms with Crippen molar-refractivity contribution in [3.63, 3.8) is 0 Å². The Morgan fingerprint density at radius 2 is 1.56 bits per heavy atom. The number of Topliss-reactive ketones (excluding diaryl/α,β-unsaturated/α-hetero) is 1. The van der Waals surface area contributed by atoms with E-state index < -0.39 is 84.5 Å². The van der Waals surface area contributed by atoms with Crippen LogP contribution < -0.4 is 15.5 Å².